The van der Waals surface area contributed by atoms with Gasteiger partial charge in [-0.2, -0.15) is 5.26 Å². The van der Waals surface area contributed by atoms with Crippen LogP contribution in [0.3, 0.4) is 0 Å². The van der Waals surface area contributed by atoms with Gasteiger partial charge in [-0.1, -0.05) is 36.4 Å². The summed E-state index contributed by atoms with van der Waals surface area (Å²) in [6.07, 6.45) is 2.98. The van der Waals surface area contributed by atoms with Gasteiger partial charge in [0.1, 0.15) is 0 Å². The van der Waals surface area contributed by atoms with Crippen LogP contribution in [0, 0.1) is 25.2 Å². The van der Waals surface area contributed by atoms with Crippen molar-refractivity contribution >= 4 is 17.5 Å². The Hall–Kier alpha value is -4.15. The smallest absolute Gasteiger partial charge is 0.251 e. The van der Waals surface area contributed by atoms with E-state index >= 15 is 0 Å². The highest BCUT2D eigenvalue weighted by Crippen LogP contribution is 2.32. The van der Waals surface area contributed by atoms with Gasteiger partial charge in [0.15, 0.2) is 0 Å². The van der Waals surface area contributed by atoms with Gasteiger partial charge in [0.2, 0.25) is 5.91 Å². The van der Waals surface area contributed by atoms with E-state index in [1.54, 1.807) is 6.92 Å². The highest BCUT2D eigenvalue weighted by molar-refractivity contribution is 5.97. The van der Waals surface area contributed by atoms with Crippen molar-refractivity contribution in [3.63, 3.8) is 0 Å². The van der Waals surface area contributed by atoms with Gasteiger partial charge >= 0.3 is 0 Å². The molecule has 7 nitrogen and oxygen atoms in total. The van der Waals surface area contributed by atoms with Gasteiger partial charge in [0.05, 0.1) is 11.6 Å². The summed E-state index contributed by atoms with van der Waals surface area (Å²) in [6, 6.07) is 23.5. The van der Waals surface area contributed by atoms with E-state index in [9.17, 15) is 14.9 Å². The molecule has 224 valence electrons. The monoisotopic (exact) mass is 577 g/mol. The number of carbonyl (C=O) groups excluding carboxylic acids is 2. The summed E-state index contributed by atoms with van der Waals surface area (Å²) in [5.41, 5.74) is 8.23. The second-order valence-corrected chi connectivity index (χ2v) is 12.2. The Bertz CT molecular complexity index is 1500. The van der Waals surface area contributed by atoms with E-state index in [0.29, 0.717) is 37.3 Å². The number of hydrogen-bond donors (Lipinski definition) is 1. The van der Waals surface area contributed by atoms with Crippen LogP contribution >= 0.6 is 0 Å². The molecule has 2 amide bonds. The normalized spacial score (nSPS) is 15.9. The van der Waals surface area contributed by atoms with Gasteiger partial charge < -0.3 is 20.0 Å². The van der Waals surface area contributed by atoms with Crippen molar-refractivity contribution in [3.8, 4) is 6.07 Å². The summed E-state index contributed by atoms with van der Waals surface area (Å²) in [5, 5.41) is 12.6. The molecular formula is C36H43N5O2. The summed E-state index contributed by atoms with van der Waals surface area (Å²) in [5.74, 6) is 0.118. The van der Waals surface area contributed by atoms with Crippen molar-refractivity contribution in [2.75, 3.05) is 24.5 Å². The van der Waals surface area contributed by atoms with Crippen molar-refractivity contribution in [2.24, 2.45) is 0 Å². The minimum Gasteiger partial charge on any atom is -0.364 e. The van der Waals surface area contributed by atoms with E-state index in [-0.39, 0.29) is 11.8 Å². The number of nitriles is 1. The third-order valence-electron chi connectivity index (χ3n) is 9.22. The van der Waals surface area contributed by atoms with Crippen molar-refractivity contribution in [2.45, 2.75) is 78.7 Å². The molecule has 43 heavy (non-hydrogen) atoms. The summed E-state index contributed by atoms with van der Waals surface area (Å²) in [7, 11) is 0. The van der Waals surface area contributed by atoms with Gasteiger partial charge in [-0.05, 0) is 92.1 Å². The van der Waals surface area contributed by atoms with Gasteiger partial charge in [-0.3, -0.25) is 9.59 Å². The predicted molar refractivity (Wildman–Crippen MR) is 171 cm³/mol. The van der Waals surface area contributed by atoms with E-state index in [1.165, 1.54) is 16.8 Å². The van der Waals surface area contributed by atoms with Crippen molar-refractivity contribution < 1.29 is 9.59 Å². The molecular weight excluding hydrogens is 534 g/mol. The SMILES string of the molecule is CC(=O)N1Cc2ccc(N(Cc3cccc(C#N)c3)C3CCN(C(C)CCNC(=O)c4c(C)cccc4C)CC3)cc2C1. The lowest BCUT2D eigenvalue weighted by atomic mass is 9.98. The van der Waals surface area contributed by atoms with E-state index in [2.05, 4.69) is 52.4 Å². The van der Waals surface area contributed by atoms with E-state index in [4.69, 9.17) is 0 Å². The Kier molecular flexibility index (Phi) is 9.47. The zero-order chi connectivity index (χ0) is 30.5. The van der Waals surface area contributed by atoms with Crippen molar-refractivity contribution in [3.05, 3.63) is 99.6 Å². The van der Waals surface area contributed by atoms with E-state index < -0.39 is 0 Å². The molecule has 0 aliphatic carbocycles. The molecule has 0 saturated carbocycles. The quantitative estimate of drug-likeness (QED) is 0.352. The molecule has 1 fully saturated rings. The third-order valence-corrected chi connectivity index (χ3v) is 9.22. The molecule has 2 aliphatic rings. The van der Waals surface area contributed by atoms with Crippen LogP contribution in [0.1, 0.15) is 76.8 Å². The minimum atomic E-state index is 0.0124. The first kappa shape index (κ1) is 30.3. The number of likely N-dealkylation sites (tertiary alicyclic amines) is 1. The average Bonchev–Trinajstić information content (AvgIpc) is 3.44. The number of nitrogens with zero attached hydrogens (tertiary/aromatic N) is 4. The van der Waals surface area contributed by atoms with Gasteiger partial charge in [0, 0.05) is 69.5 Å². The fourth-order valence-corrected chi connectivity index (χ4v) is 6.63. The van der Waals surface area contributed by atoms with Crippen LogP contribution in [0.2, 0.25) is 0 Å². The number of anilines is 1. The first-order valence-electron chi connectivity index (χ1n) is 15.4. The van der Waals surface area contributed by atoms with Gasteiger partial charge in [-0.15, -0.1) is 0 Å². The molecule has 0 bridgehead atoms. The molecule has 7 heteroatoms. The molecule has 0 radical (unpaired) electrons. The first-order valence-corrected chi connectivity index (χ1v) is 15.4. The number of amides is 2. The summed E-state index contributed by atoms with van der Waals surface area (Å²) >= 11 is 0. The Labute approximate surface area is 256 Å². The first-order chi connectivity index (χ1) is 20.7. The largest absolute Gasteiger partial charge is 0.364 e. The molecule has 1 atom stereocenters. The minimum absolute atomic E-state index is 0.0124. The highest BCUT2D eigenvalue weighted by Gasteiger charge is 2.29. The lowest BCUT2D eigenvalue weighted by Gasteiger charge is -2.42. The Morgan fingerprint density at radius 3 is 2.40 bits per heavy atom. The number of hydrogen-bond acceptors (Lipinski definition) is 5. The van der Waals surface area contributed by atoms with E-state index in [0.717, 1.165) is 61.2 Å². The lowest BCUT2D eigenvalue weighted by Crippen LogP contribution is -2.48. The zero-order valence-corrected chi connectivity index (χ0v) is 25.9. The van der Waals surface area contributed by atoms with E-state index in [1.807, 2.05) is 55.1 Å². The molecule has 3 aromatic carbocycles. The zero-order valence-electron chi connectivity index (χ0n) is 25.9. The fourth-order valence-electron chi connectivity index (χ4n) is 6.63. The van der Waals surface area contributed by atoms with Crippen molar-refractivity contribution in [1.82, 2.24) is 15.1 Å². The molecule has 2 heterocycles. The maximum absolute atomic E-state index is 12.8. The maximum atomic E-state index is 12.8. The van der Waals surface area contributed by atoms with Crippen LogP contribution in [0.25, 0.3) is 0 Å². The van der Waals surface area contributed by atoms with Crippen LogP contribution < -0.4 is 10.2 Å². The average molecular weight is 578 g/mol. The number of rotatable bonds is 9. The topological polar surface area (TPSA) is 79.7 Å². The van der Waals surface area contributed by atoms with Crippen molar-refractivity contribution in [1.29, 1.82) is 5.26 Å². The van der Waals surface area contributed by atoms with Gasteiger partial charge in [0.25, 0.3) is 5.91 Å². The second-order valence-electron chi connectivity index (χ2n) is 12.2. The van der Waals surface area contributed by atoms with Crippen LogP contribution in [0.4, 0.5) is 5.69 Å². The molecule has 5 rings (SSSR count). The molecule has 3 aromatic rings. The number of benzene rings is 3. The second kappa shape index (κ2) is 13.4. The standard InChI is InChI=1S/C36H43N5O2/c1-25-7-5-8-26(2)35(25)36(43)38-16-13-27(3)39-17-14-33(15-18-39)41(22-30-10-6-9-29(19-30)21-37)34-12-11-31-23-40(28(4)42)24-32(31)20-34/h5-12,19-20,27,33H,13-18,22-24H2,1-4H3,(H,38,43). The summed E-state index contributed by atoms with van der Waals surface area (Å²) < 4.78 is 0. The summed E-state index contributed by atoms with van der Waals surface area (Å²) in [4.78, 5) is 31.8. The number of carbonyl (C=O) groups is 2. The Morgan fingerprint density at radius 2 is 1.70 bits per heavy atom. The number of nitrogens with one attached hydrogen (secondary N) is 1. The van der Waals surface area contributed by atoms with Gasteiger partial charge in [-0.25, -0.2) is 0 Å². The summed E-state index contributed by atoms with van der Waals surface area (Å²) in [6.45, 7) is 12.6. The Morgan fingerprint density at radius 1 is 1.00 bits per heavy atom. The number of piperidine rings is 1. The molecule has 0 aromatic heterocycles. The predicted octanol–water partition coefficient (Wildman–Crippen LogP) is 5.72. The number of fused-ring (bicyclic) bond motifs is 1. The molecule has 0 spiro atoms. The number of aryl methyl sites for hydroxylation is 2. The Balaban J connectivity index is 1.23. The van der Waals surface area contributed by atoms with Crippen LogP contribution in [0.15, 0.2) is 60.7 Å². The van der Waals surface area contributed by atoms with Crippen LogP contribution in [0.5, 0.6) is 0 Å². The third kappa shape index (κ3) is 7.09. The molecule has 1 N–H and O–H groups in total. The molecule has 1 unspecified atom stereocenters. The molecule has 2 aliphatic heterocycles. The molecule has 1 saturated heterocycles. The lowest BCUT2D eigenvalue weighted by molar-refractivity contribution is -0.129. The van der Waals surface area contributed by atoms with Crippen LogP contribution in [-0.2, 0) is 24.4 Å². The highest BCUT2D eigenvalue weighted by atomic mass is 16.2. The van der Waals surface area contributed by atoms with Crippen LogP contribution in [-0.4, -0.2) is 53.3 Å². The maximum Gasteiger partial charge on any atom is 0.251 e. The fraction of sp³-hybridized carbons (Fsp3) is 0.417.